The van der Waals surface area contributed by atoms with Crippen LogP contribution < -0.4 is 32.5 Å². The highest BCUT2D eigenvalue weighted by Crippen LogP contribution is 2.38. The lowest BCUT2D eigenvalue weighted by atomic mass is 10.1. The molecule has 0 saturated carbocycles. The first-order valence-electron chi connectivity index (χ1n) is 12.1. The van der Waals surface area contributed by atoms with Crippen molar-refractivity contribution in [3.63, 3.8) is 0 Å². The molecule has 0 atom stereocenters. The van der Waals surface area contributed by atoms with Gasteiger partial charge < -0.3 is 21.1 Å². The van der Waals surface area contributed by atoms with Crippen molar-refractivity contribution in [2.24, 2.45) is 11.6 Å². The molecule has 0 bridgehead atoms. The van der Waals surface area contributed by atoms with E-state index in [9.17, 15) is 22.8 Å². The van der Waals surface area contributed by atoms with Crippen molar-refractivity contribution in [3.05, 3.63) is 74.9 Å². The van der Waals surface area contributed by atoms with Crippen molar-refractivity contribution in [2.75, 3.05) is 22.8 Å². The topological polar surface area (TPSA) is 148 Å². The minimum Gasteiger partial charge on any atom is -0.453 e. The summed E-state index contributed by atoms with van der Waals surface area (Å²) < 4.78 is 45.6. The van der Waals surface area contributed by atoms with Crippen molar-refractivity contribution in [2.45, 2.75) is 39.5 Å². The number of ether oxygens (including phenoxy) is 1. The third kappa shape index (κ3) is 8.33. The number of carbonyl (C=O) groups is 2. The van der Waals surface area contributed by atoms with Crippen LogP contribution in [0.15, 0.2) is 42.7 Å². The highest BCUT2D eigenvalue weighted by molar-refractivity contribution is 7.16. The molecule has 2 amide bonds. The van der Waals surface area contributed by atoms with Crippen LogP contribution in [0.3, 0.4) is 0 Å². The lowest BCUT2D eigenvalue weighted by Crippen LogP contribution is -2.27. The molecule has 0 aliphatic heterocycles. The fourth-order valence-electron chi connectivity index (χ4n) is 3.52. The molecule has 0 unspecified atom stereocenters. The number of hydrogen-bond donors (Lipinski definition) is 5. The fourth-order valence-corrected chi connectivity index (χ4v) is 4.53. The van der Waals surface area contributed by atoms with E-state index < -0.39 is 28.8 Å². The largest absolute Gasteiger partial charge is 0.453 e. The third-order valence-corrected chi connectivity index (χ3v) is 7.03. The molecule has 0 aliphatic rings. The molecule has 1 heterocycles. The highest BCUT2D eigenvalue weighted by atomic mass is 35.5. The number of aromatic nitrogens is 1. The number of benzene rings is 2. The van der Waals surface area contributed by atoms with Gasteiger partial charge in [0.25, 0.3) is 5.91 Å². The lowest BCUT2D eigenvalue weighted by molar-refractivity contribution is -0.137. The molecule has 10 nitrogen and oxygen atoms in total. The molecule has 0 fully saturated rings. The zero-order valence-corrected chi connectivity index (χ0v) is 24.1. The van der Waals surface area contributed by atoms with Gasteiger partial charge in [-0.2, -0.15) is 13.2 Å². The summed E-state index contributed by atoms with van der Waals surface area (Å²) in [5, 5.41) is 9.02. The molecule has 15 heteroatoms. The summed E-state index contributed by atoms with van der Waals surface area (Å²) in [6, 6.07) is 6.84. The Hall–Kier alpha value is -3.85. The second-order valence-electron chi connectivity index (χ2n) is 9.12. The van der Waals surface area contributed by atoms with Gasteiger partial charge in [-0.3, -0.25) is 15.1 Å². The summed E-state index contributed by atoms with van der Waals surface area (Å²) in [7, 11) is 1.22. The summed E-state index contributed by atoms with van der Waals surface area (Å²) in [6.45, 7) is 5.53. The van der Waals surface area contributed by atoms with Crippen LogP contribution in [0.25, 0.3) is 5.70 Å². The molecule has 0 saturated heterocycles. The number of anilines is 3. The Bertz CT molecular complexity index is 1460. The zero-order valence-electron chi connectivity index (χ0n) is 22.5. The number of carbonyl (C=O) groups excluding carboxylic acids is 2. The Morgan fingerprint density at radius 1 is 1.22 bits per heavy atom. The number of rotatable bonds is 9. The number of amides is 2. The maximum atomic E-state index is 13.7. The Kier molecular flexibility index (Phi) is 10.2. The fraction of sp³-hybridized carbons (Fsp3) is 0.269. The number of nitrogens with zero attached hydrogens (tertiary/aromatic N) is 2. The van der Waals surface area contributed by atoms with E-state index in [1.807, 2.05) is 13.8 Å². The van der Waals surface area contributed by atoms with Gasteiger partial charge in [0.2, 0.25) is 0 Å². The summed E-state index contributed by atoms with van der Waals surface area (Å²) in [6.07, 6.45) is -2.56. The quantitative estimate of drug-likeness (QED) is 0.153. The van der Waals surface area contributed by atoms with Gasteiger partial charge >= 0.3 is 12.3 Å². The standard InChI is InChI=1S/C26H29ClF3N7O3S/c1-13(2)33-10-16-7-17(9-18(22(16)27)26(28,29)30)35-23(38)15-6-5-14(3)20(8-15)37(32)12-19(31)21-11-34-24(41-21)36-25(39)40-4/h5-9,11-13,33H,10,31-32H2,1-4H3,(H,35,38)(H,34,36,39)/b19-12-. The van der Waals surface area contributed by atoms with Crippen LogP contribution in [-0.4, -0.2) is 30.1 Å². The van der Waals surface area contributed by atoms with Gasteiger partial charge in [-0.25, -0.2) is 15.6 Å². The second kappa shape index (κ2) is 13.2. The second-order valence-corrected chi connectivity index (χ2v) is 10.5. The molecule has 0 aliphatic carbocycles. The van der Waals surface area contributed by atoms with Crippen molar-refractivity contribution >= 4 is 57.1 Å². The van der Waals surface area contributed by atoms with E-state index >= 15 is 0 Å². The van der Waals surface area contributed by atoms with Crippen LogP contribution in [0.2, 0.25) is 5.02 Å². The number of nitrogens with two attached hydrogens (primary N) is 2. The maximum absolute atomic E-state index is 13.7. The van der Waals surface area contributed by atoms with Crippen LogP contribution in [0.5, 0.6) is 0 Å². The van der Waals surface area contributed by atoms with Gasteiger partial charge in [0.15, 0.2) is 5.13 Å². The Morgan fingerprint density at radius 3 is 2.56 bits per heavy atom. The van der Waals surface area contributed by atoms with Crippen LogP contribution in [0, 0.1) is 6.92 Å². The average molecular weight is 612 g/mol. The van der Waals surface area contributed by atoms with Crippen molar-refractivity contribution in [1.82, 2.24) is 10.3 Å². The van der Waals surface area contributed by atoms with Gasteiger partial charge in [0.1, 0.15) is 0 Å². The van der Waals surface area contributed by atoms with Gasteiger partial charge in [0.05, 0.1) is 34.0 Å². The summed E-state index contributed by atoms with van der Waals surface area (Å²) in [4.78, 5) is 29.0. The Morgan fingerprint density at radius 2 is 1.93 bits per heavy atom. The Labute approximate surface area is 243 Å². The maximum Gasteiger partial charge on any atom is 0.417 e. The SMILES string of the molecule is COC(=O)Nc1ncc(/C(N)=C/N(N)c2cc(C(=O)Nc3cc(CNC(C)C)c(Cl)c(C(F)(F)F)c3)ccc2C)s1. The number of methoxy groups -OCH3 is 1. The number of alkyl halides is 3. The molecule has 220 valence electrons. The molecule has 2 aromatic carbocycles. The van der Waals surface area contributed by atoms with Crippen LogP contribution in [0.1, 0.15) is 45.8 Å². The number of halogens is 4. The van der Waals surface area contributed by atoms with Gasteiger partial charge in [-0.05, 0) is 42.3 Å². The molecular formula is C26H29ClF3N7O3S. The molecule has 3 aromatic rings. The van der Waals surface area contributed by atoms with E-state index in [4.69, 9.17) is 23.2 Å². The Balaban J connectivity index is 1.85. The van der Waals surface area contributed by atoms with Crippen LogP contribution >= 0.6 is 22.9 Å². The molecular weight excluding hydrogens is 583 g/mol. The normalized spacial score (nSPS) is 11.9. The number of thiazole rings is 1. The summed E-state index contributed by atoms with van der Waals surface area (Å²) >= 11 is 7.14. The monoisotopic (exact) mass is 611 g/mol. The first kappa shape index (κ1) is 31.7. The van der Waals surface area contributed by atoms with E-state index in [0.29, 0.717) is 16.1 Å². The van der Waals surface area contributed by atoms with Crippen molar-refractivity contribution in [1.29, 1.82) is 0 Å². The highest BCUT2D eigenvalue weighted by Gasteiger charge is 2.35. The number of aryl methyl sites for hydroxylation is 1. The molecule has 0 spiro atoms. The third-order valence-electron chi connectivity index (χ3n) is 5.62. The average Bonchev–Trinajstić information content (AvgIpc) is 3.36. The minimum atomic E-state index is -4.72. The van der Waals surface area contributed by atoms with Crippen LogP contribution in [-0.2, 0) is 17.5 Å². The first-order valence-corrected chi connectivity index (χ1v) is 13.3. The summed E-state index contributed by atoms with van der Waals surface area (Å²) in [5.74, 6) is 5.56. The van der Waals surface area contributed by atoms with Gasteiger partial charge in [-0.1, -0.05) is 42.9 Å². The van der Waals surface area contributed by atoms with Gasteiger partial charge in [0, 0.05) is 36.2 Å². The first-order chi connectivity index (χ1) is 19.2. The van der Waals surface area contributed by atoms with E-state index in [-0.39, 0.29) is 40.2 Å². The summed E-state index contributed by atoms with van der Waals surface area (Å²) in [5.41, 5.74) is 6.70. The zero-order chi connectivity index (χ0) is 30.5. The van der Waals surface area contributed by atoms with Crippen LogP contribution in [0.4, 0.5) is 34.5 Å². The van der Waals surface area contributed by atoms with E-state index in [1.165, 1.54) is 42.7 Å². The van der Waals surface area contributed by atoms with E-state index in [2.05, 4.69) is 25.7 Å². The van der Waals surface area contributed by atoms with E-state index in [1.54, 1.807) is 13.0 Å². The number of hydrazine groups is 1. The minimum absolute atomic E-state index is 0.00146. The lowest BCUT2D eigenvalue weighted by Gasteiger charge is -2.19. The molecule has 41 heavy (non-hydrogen) atoms. The van der Waals surface area contributed by atoms with Crippen molar-refractivity contribution < 1.29 is 27.5 Å². The number of hydrogen-bond acceptors (Lipinski definition) is 9. The number of nitrogens with one attached hydrogen (secondary N) is 3. The predicted octanol–water partition coefficient (Wildman–Crippen LogP) is 5.69. The molecule has 0 radical (unpaired) electrons. The predicted molar refractivity (Wildman–Crippen MR) is 155 cm³/mol. The molecule has 7 N–H and O–H groups in total. The van der Waals surface area contributed by atoms with E-state index in [0.717, 1.165) is 17.4 Å². The molecule has 1 aromatic heterocycles. The van der Waals surface area contributed by atoms with Crippen molar-refractivity contribution in [3.8, 4) is 0 Å². The smallest absolute Gasteiger partial charge is 0.417 e. The van der Waals surface area contributed by atoms with Gasteiger partial charge in [-0.15, -0.1) is 0 Å². The molecule has 3 rings (SSSR count).